The molecule has 0 fully saturated rings. The molecule has 5 heteroatoms. The molecule has 0 aliphatic carbocycles. The average molecular weight is 225 g/mol. The molecular weight excluding hydrogens is 221 g/mol. The molecular formula is C8H4Cl2F2O. The lowest BCUT2D eigenvalue weighted by atomic mass is 10.1. The summed E-state index contributed by atoms with van der Waals surface area (Å²) in [5.41, 5.74) is -0.0288. The topological polar surface area (TPSA) is 17.1 Å². The molecule has 1 rings (SSSR count). The normalized spacial score (nSPS) is 10.2. The molecule has 1 aromatic carbocycles. The minimum Gasteiger partial charge on any atom is -0.293 e. The summed E-state index contributed by atoms with van der Waals surface area (Å²) in [7, 11) is 0. The van der Waals surface area contributed by atoms with Gasteiger partial charge in [0.25, 0.3) is 0 Å². The van der Waals surface area contributed by atoms with Gasteiger partial charge in [0.1, 0.15) is 0 Å². The third-order valence-corrected chi connectivity index (χ3v) is 1.94. The Balaban J connectivity index is 3.20. The highest BCUT2D eigenvalue weighted by Gasteiger charge is 2.12. The van der Waals surface area contributed by atoms with Gasteiger partial charge in [0.05, 0.1) is 10.9 Å². The van der Waals surface area contributed by atoms with Crippen LogP contribution in [0, 0.1) is 11.6 Å². The molecule has 1 aromatic rings. The molecule has 0 saturated heterocycles. The van der Waals surface area contributed by atoms with Crippen molar-refractivity contribution in [2.24, 2.45) is 0 Å². The highest BCUT2D eigenvalue weighted by molar-refractivity contribution is 6.32. The Bertz CT molecular complexity index is 329. The van der Waals surface area contributed by atoms with E-state index in [0.717, 1.165) is 12.1 Å². The number of Topliss-reactive ketones (excluding diaryl/α,β-unsaturated/α-hetero) is 1. The number of hydrogen-bond acceptors (Lipinski definition) is 1. The number of alkyl halides is 1. The summed E-state index contributed by atoms with van der Waals surface area (Å²) in [6, 6.07) is 1.82. The Morgan fingerprint density at radius 3 is 2.46 bits per heavy atom. The van der Waals surface area contributed by atoms with Gasteiger partial charge in [-0.25, -0.2) is 8.78 Å². The Morgan fingerprint density at radius 2 is 2.00 bits per heavy atom. The van der Waals surface area contributed by atoms with Crippen LogP contribution in [0.3, 0.4) is 0 Å². The molecule has 13 heavy (non-hydrogen) atoms. The van der Waals surface area contributed by atoms with Gasteiger partial charge < -0.3 is 0 Å². The number of carbonyl (C=O) groups is 1. The maximum Gasteiger partial charge on any atom is 0.177 e. The molecule has 0 heterocycles. The van der Waals surface area contributed by atoms with E-state index in [1.807, 2.05) is 0 Å². The maximum atomic E-state index is 12.7. The highest BCUT2D eigenvalue weighted by atomic mass is 35.5. The fraction of sp³-hybridized carbons (Fsp3) is 0.125. The Hall–Kier alpha value is -0.670. The van der Waals surface area contributed by atoms with Crippen LogP contribution in [0.5, 0.6) is 0 Å². The second-order valence-corrected chi connectivity index (χ2v) is 2.99. The summed E-state index contributed by atoms with van der Waals surface area (Å²) in [6.07, 6.45) is 0. The van der Waals surface area contributed by atoms with Gasteiger partial charge in [-0.15, -0.1) is 11.6 Å². The van der Waals surface area contributed by atoms with E-state index in [1.54, 1.807) is 0 Å². The summed E-state index contributed by atoms with van der Waals surface area (Å²) in [5, 5.41) is -0.423. The predicted molar refractivity (Wildman–Crippen MR) is 46.4 cm³/mol. The zero-order valence-corrected chi connectivity index (χ0v) is 7.79. The molecule has 0 radical (unpaired) electrons. The van der Waals surface area contributed by atoms with E-state index in [0.29, 0.717) is 0 Å². The number of ketones is 1. The van der Waals surface area contributed by atoms with Crippen molar-refractivity contribution in [3.63, 3.8) is 0 Å². The molecule has 0 N–H and O–H groups in total. The molecule has 0 aliphatic heterocycles. The second-order valence-electron chi connectivity index (χ2n) is 2.31. The first-order valence-corrected chi connectivity index (χ1v) is 4.21. The number of carbonyl (C=O) groups excluding carboxylic acids is 1. The summed E-state index contributed by atoms with van der Waals surface area (Å²) in [5.74, 6) is -3.10. The lowest BCUT2D eigenvalue weighted by Crippen LogP contribution is -2.02. The molecule has 0 saturated carbocycles. The maximum absolute atomic E-state index is 12.7. The molecule has 0 bridgehead atoms. The van der Waals surface area contributed by atoms with Gasteiger partial charge in [-0.2, -0.15) is 0 Å². The van der Waals surface area contributed by atoms with Crippen LogP contribution in [0.15, 0.2) is 12.1 Å². The third kappa shape index (κ3) is 2.17. The average Bonchev–Trinajstić information content (AvgIpc) is 2.12. The van der Waals surface area contributed by atoms with Gasteiger partial charge in [0.2, 0.25) is 0 Å². The smallest absolute Gasteiger partial charge is 0.177 e. The first-order valence-electron chi connectivity index (χ1n) is 3.30. The summed E-state index contributed by atoms with van der Waals surface area (Å²) < 4.78 is 25.3. The van der Waals surface area contributed by atoms with Crippen molar-refractivity contribution in [2.45, 2.75) is 0 Å². The van der Waals surface area contributed by atoms with Crippen molar-refractivity contribution in [1.29, 1.82) is 0 Å². The van der Waals surface area contributed by atoms with Crippen LogP contribution in [0.25, 0.3) is 0 Å². The Labute approximate surface area is 83.3 Å². The SMILES string of the molecule is O=C(CCl)c1cc(F)c(F)c(Cl)c1. The largest absolute Gasteiger partial charge is 0.293 e. The van der Waals surface area contributed by atoms with Crippen LogP contribution >= 0.6 is 23.2 Å². The zero-order chi connectivity index (χ0) is 10.0. The predicted octanol–water partition coefficient (Wildman–Crippen LogP) is 3.04. The van der Waals surface area contributed by atoms with E-state index >= 15 is 0 Å². The monoisotopic (exact) mass is 224 g/mol. The van der Waals surface area contributed by atoms with Crippen molar-refractivity contribution in [3.8, 4) is 0 Å². The van der Waals surface area contributed by atoms with Gasteiger partial charge in [-0.3, -0.25) is 4.79 Å². The molecule has 70 valence electrons. The molecule has 1 nitrogen and oxygen atoms in total. The van der Waals surface area contributed by atoms with E-state index in [2.05, 4.69) is 0 Å². The minimum atomic E-state index is -1.16. The molecule has 0 spiro atoms. The fourth-order valence-electron chi connectivity index (χ4n) is 0.794. The van der Waals surface area contributed by atoms with Crippen LogP contribution in [0.4, 0.5) is 8.78 Å². The van der Waals surface area contributed by atoms with Crippen LogP contribution in [-0.2, 0) is 0 Å². The first kappa shape index (κ1) is 10.4. The number of benzene rings is 1. The van der Waals surface area contributed by atoms with Crippen LogP contribution in [0.1, 0.15) is 10.4 Å². The van der Waals surface area contributed by atoms with Crippen LogP contribution in [-0.4, -0.2) is 11.7 Å². The van der Waals surface area contributed by atoms with Crippen molar-refractivity contribution in [1.82, 2.24) is 0 Å². The first-order chi connectivity index (χ1) is 6.06. The van der Waals surface area contributed by atoms with E-state index in [9.17, 15) is 13.6 Å². The summed E-state index contributed by atoms with van der Waals surface area (Å²) in [6.45, 7) is 0. The summed E-state index contributed by atoms with van der Waals surface area (Å²) in [4.78, 5) is 10.9. The lowest BCUT2D eigenvalue weighted by molar-refractivity contribution is 0.102. The van der Waals surface area contributed by atoms with E-state index in [4.69, 9.17) is 23.2 Å². The minimum absolute atomic E-state index is 0.0288. The highest BCUT2D eigenvalue weighted by Crippen LogP contribution is 2.20. The van der Waals surface area contributed by atoms with Crippen LogP contribution < -0.4 is 0 Å². The molecule has 0 unspecified atom stereocenters. The van der Waals surface area contributed by atoms with E-state index < -0.39 is 22.4 Å². The number of rotatable bonds is 2. The second kappa shape index (κ2) is 4.03. The fourth-order valence-corrected chi connectivity index (χ4v) is 1.16. The molecule has 0 aliphatic rings. The van der Waals surface area contributed by atoms with Crippen molar-refractivity contribution in [2.75, 3.05) is 5.88 Å². The van der Waals surface area contributed by atoms with Gasteiger partial charge >= 0.3 is 0 Å². The van der Waals surface area contributed by atoms with Gasteiger partial charge in [-0.05, 0) is 12.1 Å². The quantitative estimate of drug-likeness (QED) is 0.429. The Kier molecular flexibility index (Phi) is 3.22. The van der Waals surface area contributed by atoms with Gasteiger partial charge in [-0.1, -0.05) is 11.6 Å². The lowest BCUT2D eigenvalue weighted by Gasteiger charge is -2.00. The van der Waals surface area contributed by atoms with Crippen LogP contribution in [0.2, 0.25) is 5.02 Å². The number of hydrogen-bond donors (Lipinski definition) is 0. The van der Waals surface area contributed by atoms with Crippen molar-refractivity contribution >= 4 is 29.0 Å². The van der Waals surface area contributed by atoms with Crippen molar-refractivity contribution < 1.29 is 13.6 Å². The third-order valence-electron chi connectivity index (χ3n) is 1.43. The van der Waals surface area contributed by atoms with Crippen molar-refractivity contribution in [3.05, 3.63) is 34.4 Å². The Morgan fingerprint density at radius 1 is 1.38 bits per heavy atom. The molecule has 0 aromatic heterocycles. The molecule has 0 amide bonds. The zero-order valence-electron chi connectivity index (χ0n) is 6.28. The van der Waals surface area contributed by atoms with Gasteiger partial charge in [0, 0.05) is 5.56 Å². The number of halogens is 4. The summed E-state index contributed by atoms with van der Waals surface area (Å²) >= 11 is 10.5. The van der Waals surface area contributed by atoms with E-state index in [1.165, 1.54) is 0 Å². The molecule has 0 atom stereocenters. The van der Waals surface area contributed by atoms with Gasteiger partial charge in [0.15, 0.2) is 17.4 Å². The standard InChI is InChI=1S/C8H4Cl2F2O/c9-3-7(13)4-1-5(10)8(12)6(11)2-4/h1-2H,3H2. The van der Waals surface area contributed by atoms with E-state index in [-0.39, 0.29) is 11.4 Å².